The Morgan fingerprint density at radius 3 is 2.71 bits per heavy atom. The largest absolute Gasteiger partial charge is 0.493 e. The van der Waals surface area contributed by atoms with E-state index in [9.17, 15) is 0 Å². The number of nitrogens with zero attached hydrogens (tertiary/aromatic N) is 2. The van der Waals surface area contributed by atoms with Gasteiger partial charge in [-0.15, -0.1) is 11.3 Å². The van der Waals surface area contributed by atoms with Gasteiger partial charge in [-0.25, -0.2) is 4.98 Å². The number of thiazole rings is 1. The van der Waals surface area contributed by atoms with Crippen molar-refractivity contribution in [2.24, 2.45) is 0 Å². The van der Waals surface area contributed by atoms with Crippen LogP contribution < -0.4 is 9.47 Å². The van der Waals surface area contributed by atoms with Crippen LogP contribution in [0.25, 0.3) is 10.6 Å². The van der Waals surface area contributed by atoms with Crippen molar-refractivity contribution in [3.8, 4) is 28.1 Å². The molecule has 0 atom stereocenters. The number of para-hydroxylation sites is 1. The fourth-order valence-electron chi connectivity index (χ4n) is 1.50. The molecule has 0 saturated carbocycles. The third kappa shape index (κ3) is 2.08. The van der Waals surface area contributed by atoms with Crippen molar-refractivity contribution < 1.29 is 9.47 Å². The number of aromatic nitrogens is 1. The molecular formula is C12H10N2O2S. The van der Waals surface area contributed by atoms with E-state index >= 15 is 0 Å². The van der Waals surface area contributed by atoms with E-state index in [1.165, 1.54) is 11.3 Å². The van der Waals surface area contributed by atoms with Gasteiger partial charge in [-0.1, -0.05) is 6.07 Å². The predicted molar refractivity (Wildman–Crippen MR) is 65.4 cm³/mol. The average molecular weight is 246 g/mol. The zero-order valence-corrected chi connectivity index (χ0v) is 10.2. The first-order valence-corrected chi connectivity index (χ1v) is 5.75. The molecule has 2 aromatic rings. The molecule has 0 aliphatic rings. The van der Waals surface area contributed by atoms with Crippen LogP contribution in [0.15, 0.2) is 23.6 Å². The van der Waals surface area contributed by atoms with E-state index in [1.807, 2.05) is 24.3 Å². The van der Waals surface area contributed by atoms with Crippen LogP contribution in [-0.4, -0.2) is 19.2 Å². The molecule has 17 heavy (non-hydrogen) atoms. The Hall–Kier alpha value is -2.06. The molecule has 0 fully saturated rings. The summed E-state index contributed by atoms with van der Waals surface area (Å²) >= 11 is 1.41. The maximum Gasteiger partial charge on any atom is 0.170 e. The predicted octanol–water partition coefficient (Wildman–Crippen LogP) is 2.70. The summed E-state index contributed by atoms with van der Waals surface area (Å²) in [5.41, 5.74) is 1.24. The standard InChI is InChI=1S/C12H10N2O2S/c1-15-10-5-3-4-9(11(10)16-2)12-14-8(6-13)7-17-12/h3-5,7H,1-2H3. The van der Waals surface area contributed by atoms with E-state index in [0.29, 0.717) is 17.2 Å². The molecule has 86 valence electrons. The second kappa shape index (κ2) is 4.85. The monoisotopic (exact) mass is 246 g/mol. The maximum absolute atomic E-state index is 8.76. The van der Waals surface area contributed by atoms with Gasteiger partial charge >= 0.3 is 0 Å². The highest BCUT2D eigenvalue weighted by Crippen LogP contribution is 2.38. The third-order valence-electron chi connectivity index (χ3n) is 2.25. The number of ether oxygens (including phenoxy) is 2. The Labute approximate surface area is 103 Å². The lowest BCUT2D eigenvalue weighted by atomic mass is 10.2. The Morgan fingerprint density at radius 2 is 2.12 bits per heavy atom. The molecule has 0 unspecified atom stereocenters. The molecule has 5 heteroatoms. The minimum absolute atomic E-state index is 0.412. The first-order valence-electron chi connectivity index (χ1n) is 4.87. The van der Waals surface area contributed by atoms with Crippen LogP contribution in [-0.2, 0) is 0 Å². The van der Waals surface area contributed by atoms with E-state index in [-0.39, 0.29) is 0 Å². The minimum Gasteiger partial charge on any atom is -0.493 e. The highest BCUT2D eigenvalue weighted by atomic mass is 32.1. The molecule has 0 aliphatic heterocycles. The first kappa shape index (κ1) is 11.4. The second-order valence-corrected chi connectivity index (χ2v) is 4.05. The third-order valence-corrected chi connectivity index (χ3v) is 3.13. The van der Waals surface area contributed by atoms with Crippen LogP contribution in [0.1, 0.15) is 5.69 Å². The van der Waals surface area contributed by atoms with Gasteiger partial charge in [-0.2, -0.15) is 5.26 Å². The van der Waals surface area contributed by atoms with Crippen molar-refractivity contribution in [3.63, 3.8) is 0 Å². The number of hydrogen-bond donors (Lipinski definition) is 0. The number of rotatable bonds is 3. The molecule has 1 heterocycles. The fourth-order valence-corrected chi connectivity index (χ4v) is 2.27. The van der Waals surface area contributed by atoms with E-state index in [4.69, 9.17) is 14.7 Å². The molecule has 0 radical (unpaired) electrons. The van der Waals surface area contributed by atoms with Gasteiger partial charge in [0, 0.05) is 5.38 Å². The van der Waals surface area contributed by atoms with Crippen molar-refractivity contribution in [1.29, 1.82) is 5.26 Å². The molecule has 0 saturated heterocycles. The van der Waals surface area contributed by atoms with Gasteiger partial charge in [0.25, 0.3) is 0 Å². The molecule has 0 spiro atoms. The van der Waals surface area contributed by atoms with Gasteiger partial charge in [0.2, 0.25) is 0 Å². The van der Waals surface area contributed by atoms with E-state index < -0.39 is 0 Å². The molecule has 0 bridgehead atoms. The van der Waals surface area contributed by atoms with Crippen LogP contribution in [0.3, 0.4) is 0 Å². The van der Waals surface area contributed by atoms with Gasteiger partial charge < -0.3 is 9.47 Å². The normalized spacial score (nSPS) is 9.71. The van der Waals surface area contributed by atoms with Crippen molar-refractivity contribution >= 4 is 11.3 Å². The Morgan fingerprint density at radius 1 is 1.29 bits per heavy atom. The van der Waals surface area contributed by atoms with Crippen LogP contribution in [0.4, 0.5) is 0 Å². The summed E-state index contributed by atoms with van der Waals surface area (Å²) in [6.45, 7) is 0. The number of methoxy groups -OCH3 is 2. The maximum atomic E-state index is 8.76. The van der Waals surface area contributed by atoms with Crippen LogP contribution in [0.2, 0.25) is 0 Å². The van der Waals surface area contributed by atoms with Crippen molar-refractivity contribution in [1.82, 2.24) is 4.98 Å². The summed E-state index contributed by atoms with van der Waals surface area (Å²) in [7, 11) is 3.17. The molecule has 1 aromatic carbocycles. The molecule has 4 nitrogen and oxygen atoms in total. The summed E-state index contributed by atoms with van der Waals surface area (Å²) < 4.78 is 10.5. The van der Waals surface area contributed by atoms with Crippen molar-refractivity contribution in [2.75, 3.05) is 14.2 Å². The van der Waals surface area contributed by atoms with Gasteiger partial charge in [0.1, 0.15) is 11.1 Å². The Kier molecular flexibility index (Phi) is 3.26. The topological polar surface area (TPSA) is 55.1 Å². The lowest BCUT2D eigenvalue weighted by molar-refractivity contribution is 0.356. The first-order chi connectivity index (χ1) is 8.30. The van der Waals surface area contributed by atoms with Gasteiger partial charge in [-0.3, -0.25) is 0 Å². The van der Waals surface area contributed by atoms with Gasteiger partial charge in [-0.05, 0) is 12.1 Å². The number of benzene rings is 1. The highest BCUT2D eigenvalue weighted by Gasteiger charge is 2.14. The molecule has 2 rings (SSSR count). The molecule has 0 amide bonds. The van der Waals surface area contributed by atoms with Crippen LogP contribution >= 0.6 is 11.3 Å². The van der Waals surface area contributed by atoms with E-state index in [2.05, 4.69) is 4.98 Å². The number of nitriles is 1. The average Bonchev–Trinajstić information content (AvgIpc) is 2.86. The molecule has 0 N–H and O–H groups in total. The quantitative estimate of drug-likeness (QED) is 0.835. The summed E-state index contributed by atoms with van der Waals surface area (Å²) in [6, 6.07) is 7.59. The summed E-state index contributed by atoms with van der Waals surface area (Å²) in [6.07, 6.45) is 0. The van der Waals surface area contributed by atoms with E-state index in [1.54, 1.807) is 19.6 Å². The van der Waals surface area contributed by atoms with Crippen molar-refractivity contribution in [2.45, 2.75) is 0 Å². The van der Waals surface area contributed by atoms with E-state index in [0.717, 1.165) is 10.6 Å². The lowest BCUT2D eigenvalue weighted by Crippen LogP contribution is -1.92. The van der Waals surface area contributed by atoms with Gasteiger partial charge in [0.15, 0.2) is 17.2 Å². The summed E-state index contributed by atoms with van der Waals surface area (Å²) in [5, 5.41) is 11.2. The molecule has 0 aliphatic carbocycles. The molecular weight excluding hydrogens is 236 g/mol. The Bertz CT molecular complexity index is 572. The lowest BCUT2D eigenvalue weighted by Gasteiger charge is -2.10. The molecule has 1 aromatic heterocycles. The SMILES string of the molecule is COc1cccc(-c2nc(C#N)cs2)c1OC. The minimum atomic E-state index is 0.412. The van der Waals surface area contributed by atoms with Gasteiger partial charge in [0.05, 0.1) is 19.8 Å². The fraction of sp³-hybridized carbons (Fsp3) is 0.167. The van der Waals surface area contributed by atoms with Crippen LogP contribution in [0, 0.1) is 11.3 Å². The number of hydrogen-bond acceptors (Lipinski definition) is 5. The Balaban J connectivity index is 2.55. The van der Waals surface area contributed by atoms with Crippen molar-refractivity contribution in [3.05, 3.63) is 29.3 Å². The zero-order chi connectivity index (χ0) is 12.3. The summed E-state index contributed by atoms with van der Waals surface area (Å²) in [5.74, 6) is 1.28. The zero-order valence-electron chi connectivity index (χ0n) is 9.43. The van der Waals surface area contributed by atoms with Crippen LogP contribution in [0.5, 0.6) is 11.5 Å². The second-order valence-electron chi connectivity index (χ2n) is 3.19. The smallest absolute Gasteiger partial charge is 0.170 e. The highest BCUT2D eigenvalue weighted by molar-refractivity contribution is 7.13. The summed E-state index contributed by atoms with van der Waals surface area (Å²) in [4.78, 5) is 4.20.